The number of hydrogen-bond donors (Lipinski definition) is 0. The third-order valence-corrected chi connectivity index (χ3v) is 5.41. The first-order valence-corrected chi connectivity index (χ1v) is 10.8. The van der Waals surface area contributed by atoms with Crippen molar-refractivity contribution in [1.29, 1.82) is 0 Å². The number of benzene rings is 2. The second-order valence-electron chi connectivity index (χ2n) is 6.58. The van der Waals surface area contributed by atoms with Gasteiger partial charge >= 0.3 is 5.97 Å². The monoisotopic (exact) mass is 435 g/mol. The van der Waals surface area contributed by atoms with Gasteiger partial charge in [-0.1, -0.05) is 60.3 Å². The summed E-state index contributed by atoms with van der Waals surface area (Å²) in [6, 6.07) is 19.7. The Labute approximate surface area is 183 Å². The molecule has 0 saturated heterocycles. The molecule has 0 amide bonds. The van der Waals surface area contributed by atoms with Crippen molar-refractivity contribution in [2.24, 2.45) is 0 Å². The minimum absolute atomic E-state index is 0.0655. The van der Waals surface area contributed by atoms with Gasteiger partial charge in [0.1, 0.15) is 12.2 Å². The van der Waals surface area contributed by atoms with E-state index in [-0.39, 0.29) is 12.4 Å². The van der Waals surface area contributed by atoms with Crippen LogP contribution in [0.2, 0.25) is 0 Å². The van der Waals surface area contributed by atoms with Crippen molar-refractivity contribution in [2.45, 2.75) is 30.8 Å². The third-order valence-electron chi connectivity index (χ3n) is 4.45. The first-order chi connectivity index (χ1) is 15.2. The number of rotatable bonds is 9. The van der Waals surface area contributed by atoms with E-state index in [0.717, 1.165) is 11.3 Å². The molecular formula is C21H21N7O2S. The Morgan fingerprint density at radius 2 is 1.71 bits per heavy atom. The Bertz CT molecular complexity index is 1130. The summed E-state index contributed by atoms with van der Waals surface area (Å²) in [6.07, 6.45) is 0.0655. The highest BCUT2D eigenvalue weighted by atomic mass is 32.2. The zero-order valence-electron chi connectivity index (χ0n) is 17.0. The van der Waals surface area contributed by atoms with Gasteiger partial charge in [-0.2, -0.15) is 4.68 Å². The largest absolute Gasteiger partial charge is 0.466 e. The number of carbonyl (C=O) groups excluding carboxylic acids is 1. The number of thioether (sulfide) groups is 1. The van der Waals surface area contributed by atoms with E-state index < -0.39 is 0 Å². The van der Waals surface area contributed by atoms with Gasteiger partial charge < -0.3 is 9.30 Å². The first kappa shape index (κ1) is 20.7. The van der Waals surface area contributed by atoms with Crippen LogP contribution < -0.4 is 0 Å². The highest BCUT2D eigenvalue weighted by Gasteiger charge is 2.18. The van der Waals surface area contributed by atoms with Gasteiger partial charge in [0.2, 0.25) is 0 Å². The maximum absolute atomic E-state index is 12.0. The van der Waals surface area contributed by atoms with Gasteiger partial charge in [-0.15, -0.1) is 15.3 Å². The van der Waals surface area contributed by atoms with E-state index in [4.69, 9.17) is 4.74 Å². The van der Waals surface area contributed by atoms with Gasteiger partial charge in [-0.3, -0.25) is 4.79 Å². The lowest BCUT2D eigenvalue weighted by molar-refractivity contribution is -0.142. The molecule has 0 N–H and O–H groups in total. The van der Waals surface area contributed by atoms with Crippen molar-refractivity contribution in [2.75, 3.05) is 6.61 Å². The van der Waals surface area contributed by atoms with Crippen molar-refractivity contribution < 1.29 is 9.53 Å². The summed E-state index contributed by atoms with van der Waals surface area (Å²) in [4.78, 5) is 12.0. The van der Waals surface area contributed by atoms with Crippen LogP contribution in [0.15, 0.2) is 65.8 Å². The van der Waals surface area contributed by atoms with Crippen molar-refractivity contribution in [1.82, 2.24) is 35.0 Å². The van der Waals surface area contributed by atoms with Crippen LogP contribution >= 0.6 is 11.8 Å². The Kier molecular flexibility index (Phi) is 6.68. The molecule has 0 spiro atoms. The molecule has 9 nitrogen and oxygen atoms in total. The predicted octanol–water partition coefficient (Wildman–Crippen LogP) is 2.70. The van der Waals surface area contributed by atoms with Gasteiger partial charge in [-0.25, -0.2) is 0 Å². The number of aromatic nitrogens is 7. The molecule has 0 aliphatic carbocycles. The van der Waals surface area contributed by atoms with Crippen LogP contribution in [0, 0.1) is 0 Å². The molecular weight excluding hydrogens is 414 g/mol. The molecule has 2 heterocycles. The van der Waals surface area contributed by atoms with Crippen molar-refractivity contribution in [3.63, 3.8) is 0 Å². The fraction of sp³-hybridized carbons (Fsp3) is 0.238. The molecule has 31 heavy (non-hydrogen) atoms. The number of para-hydroxylation sites is 1. The number of ether oxygens (including phenoxy) is 1. The molecule has 2 aromatic heterocycles. The van der Waals surface area contributed by atoms with Crippen LogP contribution in [-0.2, 0) is 28.2 Å². The predicted molar refractivity (Wildman–Crippen MR) is 115 cm³/mol. The maximum Gasteiger partial charge on any atom is 0.313 e. The Hall–Kier alpha value is -3.53. The Balaban J connectivity index is 1.56. The molecule has 0 fully saturated rings. The summed E-state index contributed by atoms with van der Waals surface area (Å²) in [7, 11) is 0. The van der Waals surface area contributed by atoms with Gasteiger partial charge in [0, 0.05) is 0 Å². The molecule has 4 rings (SSSR count). The van der Waals surface area contributed by atoms with E-state index in [9.17, 15) is 4.79 Å². The molecule has 0 atom stereocenters. The van der Waals surface area contributed by atoms with E-state index in [2.05, 4.69) is 25.7 Å². The van der Waals surface area contributed by atoms with E-state index >= 15 is 0 Å². The minimum Gasteiger partial charge on any atom is -0.466 e. The summed E-state index contributed by atoms with van der Waals surface area (Å²) in [5, 5.41) is 21.3. The Morgan fingerprint density at radius 3 is 2.45 bits per heavy atom. The molecule has 0 radical (unpaired) electrons. The quantitative estimate of drug-likeness (QED) is 0.292. The molecule has 0 unspecified atom stereocenters. The van der Waals surface area contributed by atoms with Gasteiger partial charge in [0.05, 0.1) is 24.6 Å². The van der Waals surface area contributed by atoms with Crippen LogP contribution in [0.1, 0.15) is 24.1 Å². The molecule has 0 saturated carbocycles. The number of esters is 1. The van der Waals surface area contributed by atoms with Crippen LogP contribution in [0.5, 0.6) is 0 Å². The van der Waals surface area contributed by atoms with Crippen molar-refractivity contribution in [3.8, 4) is 5.69 Å². The second-order valence-corrected chi connectivity index (χ2v) is 7.53. The number of tetrazole rings is 1. The molecule has 4 aromatic rings. The fourth-order valence-electron chi connectivity index (χ4n) is 3.02. The summed E-state index contributed by atoms with van der Waals surface area (Å²) in [5.74, 6) is 1.42. The topological polar surface area (TPSA) is 101 Å². The zero-order valence-corrected chi connectivity index (χ0v) is 17.8. The molecule has 2 aromatic carbocycles. The van der Waals surface area contributed by atoms with Crippen LogP contribution in [-0.4, -0.2) is 47.5 Å². The fourth-order valence-corrected chi connectivity index (χ4v) is 3.88. The molecule has 10 heteroatoms. The summed E-state index contributed by atoms with van der Waals surface area (Å²) < 4.78 is 8.72. The van der Waals surface area contributed by atoms with Crippen molar-refractivity contribution >= 4 is 17.7 Å². The average molecular weight is 436 g/mol. The Morgan fingerprint density at radius 1 is 0.968 bits per heavy atom. The minimum atomic E-state index is -0.325. The number of hydrogen-bond acceptors (Lipinski definition) is 8. The van der Waals surface area contributed by atoms with Gasteiger partial charge in [0.25, 0.3) is 0 Å². The normalized spacial score (nSPS) is 10.9. The molecule has 0 aliphatic heterocycles. The zero-order chi connectivity index (χ0) is 21.5. The molecule has 158 valence electrons. The lowest BCUT2D eigenvalue weighted by atomic mass is 10.2. The SMILES string of the molecule is CCOC(=O)Cc1nnc(SCc2nnnn2-c2ccccc2)n1Cc1ccccc1. The van der Waals surface area contributed by atoms with E-state index in [0.29, 0.717) is 35.7 Å². The first-order valence-electron chi connectivity index (χ1n) is 9.81. The van der Waals surface area contributed by atoms with Gasteiger partial charge in [0.15, 0.2) is 11.0 Å². The maximum atomic E-state index is 12.0. The van der Waals surface area contributed by atoms with Crippen molar-refractivity contribution in [3.05, 3.63) is 77.9 Å². The number of carbonyl (C=O) groups is 1. The lowest BCUT2D eigenvalue weighted by Crippen LogP contribution is -2.14. The molecule has 0 aliphatic rings. The van der Waals surface area contributed by atoms with Crippen LogP contribution in [0.4, 0.5) is 0 Å². The summed E-state index contributed by atoms with van der Waals surface area (Å²) in [6.45, 7) is 2.66. The lowest BCUT2D eigenvalue weighted by Gasteiger charge is -2.10. The van der Waals surface area contributed by atoms with E-state index in [1.54, 1.807) is 11.6 Å². The standard InChI is InChI=1S/C21H21N7O2S/c1-2-30-20(29)13-18-22-24-21(27(18)14-16-9-5-3-6-10-16)31-15-19-23-25-26-28(19)17-11-7-4-8-12-17/h3-12H,2,13-15H2,1H3. The molecule has 0 bridgehead atoms. The smallest absolute Gasteiger partial charge is 0.313 e. The highest BCUT2D eigenvalue weighted by Crippen LogP contribution is 2.23. The summed E-state index contributed by atoms with van der Waals surface area (Å²) in [5.41, 5.74) is 1.97. The summed E-state index contributed by atoms with van der Waals surface area (Å²) >= 11 is 1.47. The highest BCUT2D eigenvalue weighted by molar-refractivity contribution is 7.98. The second kappa shape index (κ2) is 9.98. The number of nitrogens with zero attached hydrogens (tertiary/aromatic N) is 7. The average Bonchev–Trinajstić information content (AvgIpc) is 3.41. The van der Waals surface area contributed by atoms with E-state index in [1.165, 1.54) is 11.8 Å². The third kappa shape index (κ3) is 5.15. The van der Waals surface area contributed by atoms with Gasteiger partial charge in [-0.05, 0) is 35.0 Å². The van der Waals surface area contributed by atoms with E-state index in [1.807, 2.05) is 65.2 Å². The van der Waals surface area contributed by atoms with Crippen LogP contribution in [0.25, 0.3) is 5.69 Å². The van der Waals surface area contributed by atoms with Crippen LogP contribution in [0.3, 0.4) is 0 Å².